The molecule has 2 rings (SSSR count). The Morgan fingerprint density at radius 1 is 1.17 bits per heavy atom. The maximum Gasteiger partial charge on any atom is 0.254 e. The summed E-state index contributed by atoms with van der Waals surface area (Å²) in [6.07, 6.45) is 0. The van der Waals surface area contributed by atoms with Crippen molar-refractivity contribution in [3.8, 4) is 0 Å². The van der Waals surface area contributed by atoms with Crippen molar-refractivity contribution in [1.29, 1.82) is 0 Å². The van der Waals surface area contributed by atoms with Crippen LogP contribution in [0, 0.1) is 12.7 Å². The van der Waals surface area contributed by atoms with Crippen LogP contribution in [0.2, 0.25) is 0 Å². The Morgan fingerprint density at radius 2 is 1.75 bits per heavy atom. The predicted molar refractivity (Wildman–Crippen MR) is 89.5 cm³/mol. The summed E-state index contributed by atoms with van der Waals surface area (Å²) in [4.78, 5) is 14.0. The number of amides is 1. The smallest absolute Gasteiger partial charge is 0.254 e. The molecule has 0 aliphatic rings. The molecule has 0 unspecified atom stereocenters. The van der Waals surface area contributed by atoms with Crippen LogP contribution in [0.5, 0.6) is 0 Å². The zero-order valence-corrected chi connectivity index (χ0v) is 14.5. The molecule has 1 atom stereocenters. The molecule has 0 heterocycles. The molecule has 1 amide bonds. The lowest BCUT2D eigenvalue weighted by Crippen LogP contribution is -2.29. The first-order chi connectivity index (χ1) is 11.1. The average molecular weight is 350 g/mol. The third-order valence-corrected chi connectivity index (χ3v) is 4.94. The molecule has 0 saturated heterocycles. The lowest BCUT2D eigenvalue weighted by atomic mass is 10.1. The minimum Gasteiger partial charge on any atom is -0.335 e. The van der Waals surface area contributed by atoms with E-state index in [0.29, 0.717) is 5.56 Å². The Balaban J connectivity index is 2.23. The summed E-state index contributed by atoms with van der Waals surface area (Å²) < 4.78 is 36.2. The molecule has 0 aromatic heterocycles. The summed E-state index contributed by atoms with van der Waals surface area (Å²) in [5, 5.41) is 5.07. The fourth-order valence-corrected chi connectivity index (χ4v) is 2.78. The van der Waals surface area contributed by atoms with E-state index in [4.69, 9.17) is 5.14 Å². The molecular weight excluding hydrogens is 331 g/mol. The number of hydrogen-bond donors (Lipinski definition) is 1. The largest absolute Gasteiger partial charge is 0.335 e. The van der Waals surface area contributed by atoms with Crippen LogP contribution < -0.4 is 5.14 Å². The molecule has 0 spiro atoms. The van der Waals surface area contributed by atoms with E-state index in [0.717, 1.165) is 5.56 Å². The number of primary sulfonamides is 1. The van der Waals surface area contributed by atoms with Gasteiger partial charge in [-0.2, -0.15) is 0 Å². The summed E-state index contributed by atoms with van der Waals surface area (Å²) >= 11 is 0. The van der Waals surface area contributed by atoms with Gasteiger partial charge in [-0.25, -0.2) is 17.9 Å². The third kappa shape index (κ3) is 3.80. The molecule has 0 radical (unpaired) electrons. The molecule has 2 aromatic rings. The van der Waals surface area contributed by atoms with Crippen LogP contribution in [0.25, 0.3) is 0 Å². The lowest BCUT2D eigenvalue weighted by molar-refractivity contribution is 0.0742. The Morgan fingerprint density at radius 3 is 2.25 bits per heavy atom. The van der Waals surface area contributed by atoms with Gasteiger partial charge in [0.25, 0.3) is 5.91 Å². The maximum atomic E-state index is 13.6. The van der Waals surface area contributed by atoms with Crippen LogP contribution in [0.4, 0.5) is 4.39 Å². The third-order valence-electron chi connectivity index (χ3n) is 4.01. The number of carbonyl (C=O) groups excluding carboxylic acids is 1. The van der Waals surface area contributed by atoms with Gasteiger partial charge in [0.05, 0.1) is 10.9 Å². The quantitative estimate of drug-likeness (QED) is 0.920. The number of rotatable bonds is 4. The van der Waals surface area contributed by atoms with Crippen LogP contribution >= 0.6 is 0 Å². The Kier molecular flexibility index (Phi) is 5.05. The van der Waals surface area contributed by atoms with Gasteiger partial charge in [0.2, 0.25) is 10.0 Å². The second kappa shape index (κ2) is 6.70. The van der Waals surface area contributed by atoms with Crippen LogP contribution in [0.3, 0.4) is 0 Å². The minimum absolute atomic E-state index is 0.00744. The number of nitrogens with zero attached hydrogens (tertiary/aromatic N) is 1. The summed E-state index contributed by atoms with van der Waals surface area (Å²) in [6, 6.07) is 10.0. The Bertz CT molecular complexity index is 864. The van der Waals surface area contributed by atoms with Gasteiger partial charge in [-0.1, -0.05) is 18.2 Å². The number of hydrogen-bond acceptors (Lipinski definition) is 3. The molecule has 5 nitrogen and oxygen atoms in total. The molecule has 0 aliphatic heterocycles. The number of benzene rings is 2. The van der Waals surface area contributed by atoms with Crippen LogP contribution in [0.15, 0.2) is 47.4 Å². The highest BCUT2D eigenvalue weighted by Gasteiger charge is 2.20. The highest BCUT2D eigenvalue weighted by molar-refractivity contribution is 7.89. The van der Waals surface area contributed by atoms with Crippen molar-refractivity contribution < 1.29 is 17.6 Å². The molecule has 2 N–H and O–H groups in total. The van der Waals surface area contributed by atoms with Crippen molar-refractivity contribution in [2.75, 3.05) is 7.05 Å². The van der Waals surface area contributed by atoms with Gasteiger partial charge in [0, 0.05) is 12.6 Å². The lowest BCUT2D eigenvalue weighted by Gasteiger charge is -2.25. The molecule has 0 fully saturated rings. The van der Waals surface area contributed by atoms with E-state index in [1.807, 2.05) is 0 Å². The van der Waals surface area contributed by atoms with Gasteiger partial charge in [0.1, 0.15) is 5.82 Å². The summed E-state index contributed by atoms with van der Waals surface area (Å²) in [7, 11) is -2.15. The highest BCUT2D eigenvalue weighted by Crippen LogP contribution is 2.22. The van der Waals surface area contributed by atoms with Gasteiger partial charge in [-0.15, -0.1) is 0 Å². The number of sulfonamides is 1. The van der Waals surface area contributed by atoms with Crippen molar-refractivity contribution in [2.24, 2.45) is 5.14 Å². The van der Waals surface area contributed by atoms with Crippen molar-refractivity contribution in [3.63, 3.8) is 0 Å². The topological polar surface area (TPSA) is 80.5 Å². The molecule has 2 aromatic carbocycles. The number of halogens is 1. The molecule has 0 saturated carbocycles. The summed E-state index contributed by atoms with van der Waals surface area (Å²) in [5.74, 6) is -0.753. The molecule has 0 aliphatic carbocycles. The minimum atomic E-state index is -3.76. The zero-order valence-electron chi connectivity index (χ0n) is 13.7. The van der Waals surface area contributed by atoms with Crippen molar-refractivity contribution in [1.82, 2.24) is 4.90 Å². The van der Waals surface area contributed by atoms with Crippen molar-refractivity contribution >= 4 is 15.9 Å². The number of carbonyl (C=O) groups is 1. The molecule has 7 heteroatoms. The highest BCUT2D eigenvalue weighted by atomic mass is 32.2. The van der Waals surface area contributed by atoms with E-state index in [2.05, 4.69) is 0 Å². The zero-order chi connectivity index (χ0) is 18.1. The van der Waals surface area contributed by atoms with E-state index in [9.17, 15) is 17.6 Å². The molecule has 0 bridgehead atoms. The first-order valence-electron chi connectivity index (χ1n) is 7.27. The van der Waals surface area contributed by atoms with Gasteiger partial charge in [0.15, 0.2) is 0 Å². The molecular formula is C17H19FN2O3S. The second-order valence-corrected chi connectivity index (χ2v) is 7.23. The standard InChI is InChI=1S/C17H19FN2O3S/c1-11-4-5-14(10-16(11)18)17(21)20(3)12(2)13-6-8-15(9-7-13)24(19,22)23/h4-10,12H,1-3H3,(H2,19,22,23)/t12-/m1/s1. The summed E-state index contributed by atoms with van der Waals surface area (Å²) in [6.45, 7) is 3.43. The van der Waals surface area contributed by atoms with Gasteiger partial charge < -0.3 is 4.90 Å². The van der Waals surface area contributed by atoms with Crippen LogP contribution in [-0.2, 0) is 10.0 Å². The maximum absolute atomic E-state index is 13.6. The van der Waals surface area contributed by atoms with E-state index >= 15 is 0 Å². The monoisotopic (exact) mass is 350 g/mol. The van der Waals surface area contributed by atoms with E-state index < -0.39 is 15.8 Å². The molecule has 24 heavy (non-hydrogen) atoms. The fourth-order valence-electron chi connectivity index (χ4n) is 2.27. The number of nitrogens with two attached hydrogens (primary N) is 1. The van der Waals surface area contributed by atoms with Gasteiger partial charge in [-0.3, -0.25) is 4.79 Å². The van der Waals surface area contributed by atoms with E-state index in [-0.39, 0.29) is 22.4 Å². The van der Waals surface area contributed by atoms with Crippen molar-refractivity contribution in [3.05, 3.63) is 65.0 Å². The SMILES string of the molecule is Cc1ccc(C(=O)N(C)[C@H](C)c2ccc(S(N)(=O)=O)cc2)cc1F. The first-order valence-corrected chi connectivity index (χ1v) is 8.82. The number of aryl methyl sites for hydroxylation is 1. The normalized spacial score (nSPS) is 12.7. The van der Waals surface area contributed by atoms with Gasteiger partial charge >= 0.3 is 0 Å². The summed E-state index contributed by atoms with van der Waals surface area (Å²) in [5.41, 5.74) is 1.47. The fraction of sp³-hybridized carbons (Fsp3) is 0.235. The first kappa shape index (κ1) is 18.1. The Hall–Kier alpha value is -2.25. The average Bonchev–Trinajstić information content (AvgIpc) is 2.54. The Labute approximate surface area is 141 Å². The van der Waals surface area contributed by atoms with Crippen LogP contribution in [-0.4, -0.2) is 26.3 Å². The molecule has 128 valence electrons. The van der Waals surface area contributed by atoms with E-state index in [1.165, 1.54) is 23.1 Å². The predicted octanol–water partition coefficient (Wildman–Crippen LogP) is 2.61. The van der Waals surface area contributed by atoms with E-state index in [1.54, 1.807) is 45.2 Å². The van der Waals surface area contributed by atoms with Crippen LogP contribution in [0.1, 0.15) is 34.5 Å². The van der Waals surface area contributed by atoms with Gasteiger partial charge in [-0.05, 0) is 49.2 Å². The van der Waals surface area contributed by atoms with Crippen molar-refractivity contribution in [2.45, 2.75) is 24.8 Å². The second-order valence-electron chi connectivity index (χ2n) is 5.67.